The van der Waals surface area contributed by atoms with Gasteiger partial charge in [-0.05, 0) is 25.8 Å². The van der Waals surface area contributed by atoms with Crippen molar-refractivity contribution in [1.29, 1.82) is 0 Å². The first-order valence-corrected chi connectivity index (χ1v) is 4.93. The number of rotatable bonds is 5. The van der Waals surface area contributed by atoms with Crippen molar-refractivity contribution in [3.8, 4) is 0 Å². The topological polar surface area (TPSA) is 78.4 Å². The van der Waals surface area contributed by atoms with E-state index < -0.39 is 5.97 Å². The van der Waals surface area contributed by atoms with Gasteiger partial charge in [-0.3, -0.25) is 9.59 Å². The molecule has 1 saturated heterocycles. The summed E-state index contributed by atoms with van der Waals surface area (Å²) < 4.78 is 0. The molecule has 0 unspecified atom stereocenters. The molecular formula is C9H16N2O3. The monoisotopic (exact) mass is 200 g/mol. The van der Waals surface area contributed by atoms with Gasteiger partial charge in [0.05, 0.1) is 6.04 Å². The van der Waals surface area contributed by atoms with E-state index in [1.54, 1.807) is 0 Å². The zero-order valence-corrected chi connectivity index (χ0v) is 8.08. The molecule has 5 heteroatoms. The lowest BCUT2D eigenvalue weighted by Crippen LogP contribution is -2.40. The van der Waals surface area contributed by atoms with Crippen LogP contribution in [-0.4, -0.2) is 36.1 Å². The number of nitrogens with one attached hydrogen (secondary N) is 2. The summed E-state index contributed by atoms with van der Waals surface area (Å²) in [5, 5.41) is 14.2. The number of hydrogen-bond acceptors (Lipinski definition) is 3. The molecule has 0 bridgehead atoms. The lowest BCUT2D eigenvalue weighted by molar-refractivity contribution is -0.137. The number of aliphatic carboxylic acids is 1. The predicted octanol–water partition coefficient (Wildman–Crippen LogP) is -0.281. The van der Waals surface area contributed by atoms with Crippen LogP contribution in [-0.2, 0) is 9.59 Å². The summed E-state index contributed by atoms with van der Waals surface area (Å²) in [6.07, 6.45) is 2.52. The van der Waals surface area contributed by atoms with Crippen LogP contribution in [0.25, 0.3) is 0 Å². The molecule has 0 radical (unpaired) electrons. The Morgan fingerprint density at radius 1 is 1.50 bits per heavy atom. The van der Waals surface area contributed by atoms with E-state index in [0.717, 1.165) is 19.4 Å². The number of carboxylic acids is 1. The zero-order chi connectivity index (χ0) is 10.4. The minimum Gasteiger partial charge on any atom is -0.481 e. The smallest absolute Gasteiger partial charge is 0.303 e. The maximum absolute atomic E-state index is 11.4. The number of carbonyl (C=O) groups is 2. The highest BCUT2D eigenvalue weighted by Crippen LogP contribution is 2.04. The largest absolute Gasteiger partial charge is 0.481 e. The third kappa shape index (κ3) is 3.74. The molecule has 1 fully saturated rings. The van der Waals surface area contributed by atoms with Gasteiger partial charge in [0.25, 0.3) is 0 Å². The highest BCUT2D eigenvalue weighted by Gasteiger charge is 2.21. The molecule has 1 aliphatic rings. The number of hydrogen-bond donors (Lipinski definition) is 3. The maximum atomic E-state index is 11.4. The van der Waals surface area contributed by atoms with E-state index in [1.165, 1.54) is 0 Å². The minimum absolute atomic E-state index is 0.00658. The third-order valence-corrected chi connectivity index (χ3v) is 2.24. The van der Waals surface area contributed by atoms with Gasteiger partial charge in [0.1, 0.15) is 0 Å². The lowest BCUT2D eigenvalue weighted by atomic mass is 10.2. The Hall–Kier alpha value is -1.10. The Bertz CT molecular complexity index is 212. The van der Waals surface area contributed by atoms with E-state index in [-0.39, 0.29) is 18.4 Å². The molecule has 1 atom stereocenters. The number of carbonyl (C=O) groups excluding carboxylic acids is 1. The average molecular weight is 200 g/mol. The van der Waals surface area contributed by atoms with Crippen LogP contribution < -0.4 is 10.6 Å². The van der Waals surface area contributed by atoms with Crippen molar-refractivity contribution >= 4 is 11.9 Å². The Morgan fingerprint density at radius 2 is 2.29 bits per heavy atom. The SMILES string of the molecule is O=C(O)CCCNC(=O)[C@@H]1CCCN1. The molecule has 1 aliphatic heterocycles. The van der Waals surface area contributed by atoms with Gasteiger partial charge < -0.3 is 15.7 Å². The molecule has 1 rings (SSSR count). The molecule has 0 aromatic carbocycles. The minimum atomic E-state index is -0.821. The van der Waals surface area contributed by atoms with Crippen LogP contribution in [0.5, 0.6) is 0 Å². The van der Waals surface area contributed by atoms with E-state index in [1.807, 2.05) is 0 Å². The van der Waals surface area contributed by atoms with Crippen LogP contribution >= 0.6 is 0 Å². The molecule has 3 N–H and O–H groups in total. The predicted molar refractivity (Wildman–Crippen MR) is 50.9 cm³/mol. The van der Waals surface area contributed by atoms with Gasteiger partial charge in [0.2, 0.25) is 5.91 Å². The van der Waals surface area contributed by atoms with Gasteiger partial charge in [-0.1, -0.05) is 0 Å². The molecule has 80 valence electrons. The van der Waals surface area contributed by atoms with Crippen LogP contribution in [0.3, 0.4) is 0 Å². The molecule has 0 spiro atoms. The quantitative estimate of drug-likeness (QED) is 0.533. The van der Waals surface area contributed by atoms with Crippen molar-refractivity contribution in [3.05, 3.63) is 0 Å². The first-order valence-electron chi connectivity index (χ1n) is 4.93. The Kier molecular flexibility index (Phi) is 4.39. The standard InChI is InChI=1S/C9H16N2O3/c12-8(13)4-2-6-11-9(14)7-3-1-5-10-7/h7,10H,1-6H2,(H,11,14)(H,12,13)/t7-/m0/s1. The van der Waals surface area contributed by atoms with E-state index in [0.29, 0.717) is 13.0 Å². The molecule has 0 aliphatic carbocycles. The number of amides is 1. The van der Waals surface area contributed by atoms with Gasteiger partial charge in [0.15, 0.2) is 0 Å². The van der Waals surface area contributed by atoms with Crippen molar-refractivity contribution in [2.24, 2.45) is 0 Å². The fourth-order valence-electron chi connectivity index (χ4n) is 1.48. The van der Waals surface area contributed by atoms with E-state index in [4.69, 9.17) is 5.11 Å². The Balaban J connectivity index is 2.05. The van der Waals surface area contributed by atoms with Crippen molar-refractivity contribution in [2.75, 3.05) is 13.1 Å². The average Bonchev–Trinajstić information content (AvgIpc) is 2.64. The number of carboxylic acid groups (broad SMARTS) is 1. The van der Waals surface area contributed by atoms with Crippen molar-refractivity contribution in [2.45, 2.75) is 31.7 Å². The summed E-state index contributed by atoms with van der Waals surface area (Å²) in [5.74, 6) is -0.828. The van der Waals surface area contributed by atoms with E-state index >= 15 is 0 Å². The molecule has 0 saturated carbocycles. The molecule has 14 heavy (non-hydrogen) atoms. The van der Waals surface area contributed by atoms with Gasteiger partial charge in [-0.15, -0.1) is 0 Å². The van der Waals surface area contributed by atoms with Crippen LogP contribution in [0.15, 0.2) is 0 Å². The van der Waals surface area contributed by atoms with Crippen LogP contribution in [0.2, 0.25) is 0 Å². The molecule has 1 heterocycles. The highest BCUT2D eigenvalue weighted by atomic mass is 16.4. The summed E-state index contributed by atoms with van der Waals surface area (Å²) in [5.41, 5.74) is 0. The lowest BCUT2D eigenvalue weighted by Gasteiger charge is -2.10. The van der Waals surface area contributed by atoms with Gasteiger partial charge in [-0.25, -0.2) is 0 Å². The summed E-state index contributed by atoms with van der Waals surface area (Å²) >= 11 is 0. The molecule has 5 nitrogen and oxygen atoms in total. The molecule has 1 amide bonds. The normalized spacial score (nSPS) is 20.7. The second kappa shape index (κ2) is 5.59. The summed E-state index contributed by atoms with van der Waals surface area (Å²) in [4.78, 5) is 21.5. The molecular weight excluding hydrogens is 184 g/mol. The molecule has 0 aromatic rings. The second-order valence-corrected chi connectivity index (χ2v) is 3.44. The van der Waals surface area contributed by atoms with Crippen LogP contribution in [0.1, 0.15) is 25.7 Å². The second-order valence-electron chi connectivity index (χ2n) is 3.44. The maximum Gasteiger partial charge on any atom is 0.303 e. The summed E-state index contributed by atoms with van der Waals surface area (Å²) in [7, 11) is 0. The van der Waals surface area contributed by atoms with Gasteiger partial charge >= 0.3 is 5.97 Å². The van der Waals surface area contributed by atoms with Crippen LogP contribution in [0, 0.1) is 0 Å². The first-order chi connectivity index (χ1) is 6.70. The van der Waals surface area contributed by atoms with Crippen molar-refractivity contribution in [1.82, 2.24) is 10.6 Å². The third-order valence-electron chi connectivity index (χ3n) is 2.24. The Labute approximate surface area is 82.9 Å². The first kappa shape index (κ1) is 11.0. The van der Waals surface area contributed by atoms with Crippen molar-refractivity contribution < 1.29 is 14.7 Å². The summed E-state index contributed by atoms with van der Waals surface area (Å²) in [6.45, 7) is 1.34. The highest BCUT2D eigenvalue weighted by molar-refractivity contribution is 5.82. The van der Waals surface area contributed by atoms with Gasteiger partial charge in [-0.2, -0.15) is 0 Å². The van der Waals surface area contributed by atoms with Gasteiger partial charge in [0, 0.05) is 13.0 Å². The summed E-state index contributed by atoms with van der Waals surface area (Å²) in [6, 6.07) is -0.0696. The zero-order valence-electron chi connectivity index (χ0n) is 8.08. The van der Waals surface area contributed by atoms with Crippen molar-refractivity contribution in [3.63, 3.8) is 0 Å². The van der Waals surface area contributed by atoms with E-state index in [2.05, 4.69) is 10.6 Å². The fraction of sp³-hybridized carbons (Fsp3) is 0.778. The fourth-order valence-corrected chi connectivity index (χ4v) is 1.48. The Morgan fingerprint density at radius 3 is 2.86 bits per heavy atom. The van der Waals surface area contributed by atoms with E-state index in [9.17, 15) is 9.59 Å². The molecule has 0 aromatic heterocycles. The van der Waals surface area contributed by atoms with Crippen LogP contribution in [0.4, 0.5) is 0 Å².